The number of halogens is 1. The van der Waals surface area contributed by atoms with Gasteiger partial charge in [0.1, 0.15) is 0 Å². The van der Waals surface area contributed by atoms with Crippen LogP contribution in [-0.4, -0.2) is 30.5 Å². The van der Waals surface area contributed by atoms with Crippen molar-refractivity contribution in [2.75, 3.05) is 19.7 Å². The van der Waals surface area contributed by atoms with Crippen molar-refractivity contribution in [2.24, 2.45) is 0 Å². The molecule has 0 fully saturated rings. The van der Waals surface area contributed by atoms with Gasteiger partial charge in [0.2, 0.25) is 0 Å². The van der Waals surface area contributed by atoms with Crippen molar-refractivity contribution >= 4 is 17.2 Å². The molecule has 1 aliphatic heterocycles. The zero-order chi connectivity index (χ0) is 20.1. The number of nitrogens with zero attached hydrogens (tertiary/aromatic N) is 1. The standard InChI is InChI=1S/C23H23FN2O2S/c24-20-7-3-4-8-22(20)28-15-23(27)25-13-21(19-10-12-29-16-19)26-11-9-17-5-1-2-6-18(17)14-26/h1-8,10,12,16,21H,9,11,13-15H2,(H,25,27). The fourth-order valence-electron chi connectivity index (χ4n) is 3.67. The molecule has 4 nitrogen and oxygen atoms in total. The van der Waals surface area contributed by atoms with Crippen molar-refractivity contribution in [3.05, 3.63) is 87.9 Å². The number of amides is 1. The maximum absolute atomic E-state index is 13.6. The minimum absolute atomic E-state index is 0.0877. The van der Waals surface area contributed by atoms with Crippen LogP contribution >= 0.6 is 11.3 Å². The maximum atomic E-state index is 13.6. The van der Waals surface area contributed by atoms with E-state index in [-0.39, 0.29) is 24.3 Å². The smallest absolute Gasteiger partial charge is 0.258 e. The Morgan fingerprint density at radius 2 is 1.93 bits per heavy atom. The Hall–Kier alpha value is -2.70. The van der Waals surface area contributed by atoms with Crippen LogP contribution in [0.25, 0.3) is 0 Å². The van der Waals surface area contributed by atoms with E-state index < -0.39 is 5.82 Å². The molecule has 29 heavy (non-hydrogen) atoms. The highest BCUT2D eigenvalue weighted by Crippen LogP contribution is 2.28. The summed E-state index contributed by atoms with van der Waals surface area (Å²) < 4.78 is 19.0. The van der Waals surface area contributed by atoms with Gasteiger partial charge in [-0.3, -0.25) is 9.69 Å². The topological polar surface area (TPSA) is 41.6 Å². The van der Waals surface area contributed by atoms with Gasteiger partial charge in [0.15, 0.2) is 18.2 Å². The molecule has 1 aromatic heterocycles. The van der Waals surface area contributed by atoms with Crippen LogP contribution in [0.1, 0.15) is 22.7 Å². The van der Waals surface area contributed by atoms with Crippen LogP contribution in [0.4, 0.5) is 4.39 Å². The third-order valence-electron chi connectivity index (χ3n) is 5.22. The van der Waals surface area contributed by atoms with E-state index in [1.807, 2.05) is 0 Å². The predicted octanol–water partition coefficient (Wildman–Crippen LogP) is 4.18. The molecule has 1 N–H and O–H groups in total. The SMILES string of the molecule is O=C(COc1ccccc1F)NCC(c1ccsc1)N1CCc2ccccc2C1. The molecule has 0 radical (unpaired) electrons. The molecule has 3 aromatic rings. The number of thiophene rings is 1. The van der Waals surface area contributed by atoms with Crippen LogP contribution < -0.4 is 10.1 Å². The Kier molecular flexibility index (Phi) is 6.22. The van der Waals surface area contributed by atoms with E-state index in [0.29, 0.717) is 6.54 Å². The fraction of sp³-hybridized carbons (Fsp3) is 0.261. The third kappa shape index (κ3) is 4.83. The van der Waals surface area contributed by atoms with Crippen LogP contribution in [0.2, 0.25) is 0 Å². The van der Waals surface area contributed by atoms with E-state index in [1.54, 1.807) is 23.5 Å². The molecule has 1 atom stereocenters. The van der Waals surface area contributed by atoms with Gasteiger partial charge in [-0.15, -0.1) is 0 Å². The number of rotatable bonds is 7. The summed E-state index contributed by atoms with van der Waals surface area (Å²) in [6.45, 7) is 2.08. The second-order valence-corrected chi connectivity index (χ2v) is 7.86. The van der Waals surface area contributed by atoms with E-state index >= 15 is 0 Å². The van der Waals surface area contributed by atoms with E-state index in [2.05, 4.69) is 51.3 Å². The fourth-order valence-corrected chi connectivity index (χ4v) is 4.38. The number of carbonyl (C=O) groups is 1. The molecular weight excluding hydrogens is 387 g/mol. The normalized spacial score (nSPS) is 14.8. The molecule has 0 saturated heterocycles. The first-order valence-corrected chi connectivity index (χ1v) is 10.6. The van der Waals surface area contributed by atoms with Gasteiger partial charge in [0.25, 0.3) is 5.91 Å². The lowest BCUT2D eigenvalue weighted by atomic mass is 9.97. The van der Waals surface area contributed by atoms with Gasteiger partial charge in [-0.1, -0.05) is 36.4 Å². The average molecular weight is 411 g/mol. The first-order chi connectivity index (χ1) is 14.2. The number of fused-ring (bicyclic) bond motifs is 1. The highest BCUT2D eigenvalue weighted by molar-refractivity contribution is 7.07. The molecule has 4 rings (SSSR count). The van der Waals surface area contributed by atoms with Crippen molar-refractivity contribution in [3.63, 3.8) is 0 Å². The third-order valence-corrected chi connectivity index (χ3v) is 5.92. The Bertz CT molecular complexity index is 961. The molecule has 1 aliphatic rings. The zero-order valence-corrected chi connectivity index (χ0v) is 16.8. The molecule has 2 aromatic carbocycles. The quantitative estimate of drug-likeness (QED) is 0.635. The van der Waals surface area contributed by atoms with Crippen molar-refractivity contribution in [2.45, 2.75) is 19.0 Å². The number of benzene rings is 2. The number of carbonyl (C=O) groups excluding carboxylic acids is 1. The number of hydrogen-bond acceptors (Lipinski definition) is 4. The van der Waals surface area contributed by atoms with E-state index in [0.717, 1.165) is 19.5 Å². The predicted molar refractivity (Wildman–Crippen MR) is 113 cm³/mol. The molecule has 1 unspecified atom stereocenters. The van der Waals surface area contributed by atoms with Crippen molar-refractivity contribution in [3.8, 4) is 5.75 Å². The molecule has 1 amide bonds. The van der Waals surface area contributed by atoms with Crippen molar-refractivity contribution < 1.29 is 13.9 Å². The summed E-state index contributed by atoms with van der Waals surface area (Å²) in [4.78, 5) is 14.7. The van der Waals surface area contributed by atoms with E-state index in [9.17, 15) is 9.18 Å². The van der Waals surface area contributed by atoms with Gasteiger partial charge in [-0.2, -0.15) is 11.3 Å². The van der Waals surface area contributed by atoms with Crippen LogP contribution in [0.3, 0.4) is 0 Å². The van der Waals surface area contributed by atoms with Gasteiger partial charge in [0, 0.05) is 19.6 Å². The minimum Gasteiger partial charge on any atom is -0.481 e. The van der Waals surface area contributed by atoms with Crippen molar-refractivity contribution in [1.29, 1.82) is 0 Å². The second-order valence-electron chi connectivity index (χ2n) is 7.08. The largest absolute Gasteiger partial charge is 0.481 e. The molecule has 0 spiro atoms. The van der Waals surface area contributed by atoms with Gasteiger partial charge >= 0.3 is 0 Å². The Morgan fingerprint density at radius 3 is 2.72 bits per heavy atom. The van der Waals surface area contributed by atoms with Crippen LogP contribution in [0.15, 0.2) is 65.4 Å². The van der Waals surface area contributed by atoms with Gasteiger partial charge in [0.05, 0.1) is 6.04 Å². The maximum Gasteiger partial charge on any atom is 0.258 e. The molecule has 0 aliphatic carbocycles. The van der Waals surface area contributed by atoms with Gasteiger partial charge < -0.3 is 10.1 Å². The Morgan fingerprint density at radius 1 is 1.14 bits per heavy atom. The van der Waals surface area contributed by atoms with Gasteiger partial charge in [-0.05, 0) is 52.1 Å². The lowest BCUT2D eigenvalue weighted by Crippen LogP contribution is -2.41. The number of para-hydroxylation sites is 1. The monoisotopic (exact) mass is 410 g/mol. The highest BCUT2D eigenvalue weighted by atomic mass is 32.1. The average Bonchev–Trinajstić information content (AvgIpc) is 3.28. The van der Waals surface area contributed by atoms with Gasteiger partial charge in [-0.25, -0.2) is 4.39 Å². The first-order valence-electron chi connectivity index (χ1n) is 9.67. The van der Waals surface area contributed by atoms with Crippen LogP contribution in [-0.2, 0) is 17.8 Å². The summed E-state index contributed by atoms with van der Waals surface area (Å²) in [5.41, 5.74) is 3.94. The summed E-state index contributed by atoms with van der Waals surface area (Å²) in [5.74, 6) is -0.640. The summed E-state index contributed by atoms with van der Waals surface area (Å²) >= 11 is 1.66. The lowest BCUT2D eigenvalue weighted by Gasteiger charge is -2.35. The number of ether oxygens (including phenoxy) is 1. The number of hydrogen-bond donors (Lipinski definition) is 1. The molecule has 2 heterocycles. The van der Waals surface area contributed by atoms with E-state index in [4.69, 9.17) is 4.74 Å². The molecular formula is C23H23FN2O2S. The highest BCUT2D eigenvalue weighted by Gasteiger charge is 2.25. The Balaban J connectivity index is 1.38. The van der Waals surface area contributed by atoms with Crippen molar-refractivity contribution in [1.82, 2.24) is 10.2 Å². The summed E-state index contributed by atoms with van der Waals surface area (Å²) in [6.07, 6.45) is 1.00. The van der Waals surface area contributed by atoms with E-state index in [1.165, 1.54) is 28.8 Å². The second kappa shape index (κ2) is 9.20. The minimum atomic E-state index is -0.469. The molecule has 6 heteroatoms. The lowest BCUT2D eigenvalue weighted by molar-refractivity contribution is -0.123. The molecule has 150 valence electrons. The first kappa shape index (κ1) is 19.6. The molecule has 0 bridgehead atoms. The summed E-state index contributed by atoms with van der Waals surface area (Å²) in [6, 6.07) is 16.8. The molecule has 0 saturated carbocycles. The Labute approximate surface area is 173 Å². The number of nitrogens with one attached hydrogen (secondary N) is 1. The van der Waals surface area contributed by atoms with Crippen LogP contribution in [0.5, 0.6) is 5.75 Å². The summed E-state index contributed by atoms with van der Waals surface area (Å²) in [5, 5.41) is 7.15. The zero-order valence-electron chi connectivity index (χ0n) is 16.0. The van der Waals surface area contributed by atoms with Crippen LogP contribution in [0, 0.1) is 5.82 Å². The summed E-state index contributed by atoms with van der Waals surface area (Å²) in [7, 11) is 0.